The second kappa shape index (κ2) is 3.88. The first-order valence-corrected chi connectivity index (χ1v) is 5.06. The van der Waals surface area contributed by atoms with Crippen LogP contribution >= 0.6 is 0 Å². The maximum Gasteiger partial charge on any atom is 0.0315 e. The first-order chi connectivity index (χ1) is 6.42. The Morgan fingerprint density at radius 2 is 2.00 bits per heavy atom. The van der Waals surface area contributed by atoms with Gasteiger partial charge in [0.15, 0.2) is 0 Å². The molecular weight excluding hydrogens is 160 g/mol. The molecule has 1 heterocycles. The molecule has 70 valence electrons. The molecule has 13 heavy (non-hydrogen) atoms. The Morgan fingerprint density at radius 1 is 1.15 bits per heavy atom. The molecule has 0 saturated carbocycles. The minimum absolute atomic E-state index is 0.635. The molecule has 1 aromatic rings. The number of hydrogen-bond acceptors (Lipinski definition) is 2. The molecule has 2 rings (SSSR count). The number of aromatic nitrogens is 1. The van der Waals surface area contributed by atoms with Gasteiger partial charge in [-0.1, -0.05) is 6.42 Å². The van der Waals surface area contributed by atoms with Gasteiger partial charge in [0.1, 0.15) is 0 Å². The molecule has 2 nitrogen and oxygen atoms in total. The summed E-state index contributed by atoms with van der Waals surface area (Å²) < 4.78 is 0. The van der Waals surface area contributed by atoms with Crippen LogP contribution in [0.5, 0.6) is 0 Å². The van der Waals surface area contributed by atoms with Gasteiger partial charge in [0.05, 0.1) is 0 Å². The zero-order valence-electron chi connectivity index (χ0n) is 7.92. The predicted octanol–water partition coefficient (Wildman–Crippen LogP) is 1.81. The zero-order valence-corrected chi connectivity index (χ0v) is 7.92. The van der Waals surface area contributed by atoms with Crippen LogP contribution in [0.4, 0.5) is 0 Å². The summed E-state index contributed by atoms with van der Waals surface area (Å²) in [7, 11) is 0. The number of hydrogen-bond donors (Lipinski definition) is 1. The highest BCUT2D eigenvalue weighted by atomic mass is 14.6. The lowest BCUT2D eigenvalue weighted by Crippen LogP contribution is -2.04. The van der Waals surface area contributed by atoms with Crippen molar-refractivity contribution in [1.82, 2.24) is 4.98 Å². The molecule has 0 bridgehead atoms. The van der Waals surface area contributed by atoms with E-state index < -0.39 is 0 Å². The van der Waals surface area contributed by atoms with Gasteiger partial charge in [-0.2, -0.15) is 0 Å². The lowest BCUT2D eigenvalue weighted by Gasteiger charge is -2.09. The van der Waals surface area contributed by atoms with Gasteiger partial charge in [0, 0.05) is 18.9 Å². The van der Waals surface area contributed by atoms with Gasteiger partial charge in [-0.3, -0.25) is 4.98 Å². The molecule has 0 unspecified atom stereocenters. The maximum atomic E-state index is 5.68. The first kappa shape index (κ1) is 8.70. The van der Waals surface area contributed by atoms with Gasteiger partial charge < -0.3 is 5.73 Å². The average Bonchev–Trinajstić information content (AvgIpc) is 2.41. The van der Waals surface area contributed by atoms with Gasteiger partial charge in [0.2, 0.25) is 0 Å². The van der Waals surface area contributed by atoms with E-state index in [4.69, 9.17) is 5.73 Å². The Bertz CT molecular complexity index is 294. The van der Waals surface area contributed by atoms with Crippen molar-refractivity contribution in [3.05, 3.63) is 29.1 Å². The van der Waals surface area contributed by atoms with Crippen LogP contribution in [0, 0.1) is 0 Å². The van der Waals surface area contributed by atoms with Gasteiger partial charge in [-0.15, -0.1) is 0 Å². The van der Waals surface area contributed by atoms with Crippen molar-refractivity contribution in [3.63, 3.8) is 0 Å². The van der Waals surface area contributed by atoms with Crippen molar-refractivity contribution in [2.24, 2.45) is 5.73 Å². The van der Waals surface area contributed by atoms with Crippen LogP contribution in [-0.4, -0.2) is 4.98 Å². The molecule has 2 heteroatoms. The molecular formula is C11H16N2. The summed E-state index contributed by atoms with van der Waals surface area (Å²) in [6.45, 7) is 0.635. The third-order valence-corrected chi connectivity index (χ3v) is 2.83. The largest absolute Gasteiger partial charge is 0.326 e. The predicted molar refractivity (Wildman–Crippen MR) is 53.4 cm³/mol. The molecule has 0 atom stereocenters. The van der Waals surface area contributed by atoms with Crippen LogP contribution in [0.1, 0.15) is 36.0 Å². The van der Waals surface area contributed by atoms with E-state index in [9.17, 15) is 0 Å². The second-order valence-electron chi connectivity index (χ2n) is 3.70. The Labute approximate surface area is 79.2 Å². The van der Waals surface area contributed by atoms with Crippen molar-refractivity contribution in [2.45, 2.75) is 38.6 Å². The fourth-order valence-corrected chi connectivity index (χ4v) is 2.09. The van der Waals surface area contributed by atoms with Gasteiger partial charge in [-0.25, -0.2) is 0 Å². The molecule has 2 N–H and O–H groups in total. The summed E-state index contributed by atoms with van der Waals surface area (Å²) in [5.74, 6) is 0. The molecule has 1 aromatic heterocycles. The van der Waals surface area contributed by atoms with Gasteiger partial charge >= 0.3 is 0 Å². The normalized spacial score (nSPS) is 16.4. The molecule has 1 aliphatic carbocycles. The van der Waals surface area contributed by atoms with Crippen molar-refractivity contribution >= 4 is 0 Å². The van der Waals surface area contributed by atoms with E-state index in [-0.39, 0.29) is 0 Å². The summed E-state index contributed by atoms with van der Waals surface area (Å²) in [5.41, 5.74) is 9.85. The van der Waals surface area contributed by atoms with Crippen LogP contribution in [0.15, 0.2) is 12.4 Å². The van der Waals surface area contributed by atoms with Crippen LogP contribution in [0.3, 0.4) is 0 Å². The highest BCUT2D eigenvalue weighted by Crippen LogP contribution is 2.22. The van der Waals surface area contributed by atoms with E-state index in [1.54, 1.807) is 0 Å². The van der Waals surface area contributed by atoms with Crippen LogP contribution in [-0.2, 0) is 19.4 Å². The minimum atomic E-state index is 0.635. The molecule has 1 aliphatic rings. The summed E-state index contributed by atoms with van der Waals surface area (Å²) in [4.78, 5) is 4.23. The Kier molecular flexibility index (Phi) is 2.60. The SMILES string of the molecule is NCc1cncc2c1CCCCC2. The fraction of sp³-hybridized carbons (Fsp3) is 0.545. The van der Waals surface area contributed by atoms with E-state index >= 15 is 0 Å². The third kappa shape index (κ3) is 1.73. The van der Waals surface area contributed by atoms with Crippen molar-refractivity contribution in [2.75, 3.05) is 0 Å². The number of nitrogens with zero attached hydrogens (tertiary/aromatic N) is 1. The molecule has 0 radical (unpaired) electrons. The lowest BCUT2D eigenvalue weighted by molar-refractivity contribution is 0.710. The molecule has 0 amide bonds. The second-order valence-corrected chi connectivity index (χ2v) is 3.70. The summed E-state index contributed by atoms with van der Waals surface area (Å²) in [6.07, 6.45) is 10.3. The highest BCUT2D eigenvalue weighted by molar-refractivity contribution is 5.32. The van der Waals surface area contributed by atoms with E-state index in [2.05, 4.69) is 4.98 Å². The Balaban J connectivity index is 2.40. The maximum absolute atomic E-state index is 5.68. The van der Waals surface area contributed by atoms with Gasteiger partial charge in [-0.05, 0) is 42.4 Å². The number of fused-ring (bicyclic) bond motifs is 1. The third-order valence-electron chi connectivity index (χ3n) is 2.83. The highest BCUT2D eigenvalue weighted by Gasteiger charge is 2.10. The zero-order chi connectivity index (χ0) is 9.10. The standard InChI is InChI=1S/C11H16N2/c12-6-10-8-13-7-9-4-2-1-3-5-11(9)10/h7-8H,1-6,12H2. The smallest absolute Gasteiger partial charge is 0.0315 e. The molecule has 0 aromatic carbocycles. The summed E-state index contributed by atoms with van der Waals surface area (Å²) in [5, 5.41) is 0. The van der Waals surface area contributed by atoms with Gasteiger partial charge in [0.25, 0.3) is 0 Å². The van der Waals surface area contributed by atoms with Crippen LogP contribution < -0.4 is 5.73 Å². The fourth-order valence-electron chi connectivity index (χ4n) is 2.09. The Hall–Kier alpha value is -0.890. The average molecular weight is 176 g/mol. The number of pyridine rings is 1. The summed E-state index contributed by atoms with van der Waals surface area (Å²) in [6, 6.07) is 0. The van der Waals surface area contributed by atoms with E-state index in [1.807, 2.05) is 12.4 Å². The van der Waals surface area contributed by atoms with E-state index in [1.165, 1.54) is 48.8 Å². The van der Waals surface area contributed by atoms with Crippen molar-refractivity contribution in [3.8, 4) is 0 Å². The van der Waals surface area contributed by atoms with Crippen LogP contribution in [0.25, 0.3) is 0 Å². The minimum Gasteiger partial charge on any atom is -0.326 e. The van der Waals surface area contributed by atoms with E-state index in [0.717, 1.165) is 0 Å². The topological polar surface area (TPSA) is 38.9 Å². The summed E-state index contributed by atoms with van der Waals surface area (Å²) >= 11 is 0. The lowest BCUT2D eigenvalue weighted by atomic mass is 10.0. The van der Waals surface area contributed by atoms with Crippen molar-refractivity contribution < 1.29 is 0 Å². The number of nitrogens with two attached hydrogens (primary N) is 1. The molecule has 0 saturated heterocycles. The number of rotatable bonds is 1. The van der Waals surface area contributed by atoms with E-state index in [0.29, 0.717) is 6.54 Å². The molecule has 0 fully saturated rings. The molecule has 0 spiro atoms. The quantitative estimate of drug-likeness (QED) is 0.663. The first-order valence-electron chi connectivity index (χ1n) is 5.06. The van der Waals surface area contributed by atoms with Crippen LogP contribution in [0.2, 0.25) is 0 Å². The Morgan fingerprint density at radius 3 is 2.85 bits per heavy atom. The molecule has 0 aliphatic heterocycles. The van der Waals surface area contributed by atoms with Crippen molar-refractivity contribution in [1.29, 1.82) is 0 Å². The monoisotopic (exact) mass is 176 g/mol. The number of aryl methyl sites for hydroxylation is 1.